The zero-order valence-electron chi connectivity index (χ0n) is 13.4. The number of carbonyl (C=O) groups excluding carboxylic acids is 1. The first-order valence-electron chi connectivity index (χ1n) is 7.04. The molecule has 122 valence electrons. The highest BCUT2D eigenvalue weighted by Gasteiger charge is 2.35. The largest absolute Gasteiger partial charge is 0.479 e. The Morgan fingerprint density at radius 2 is 1.86 bits per heavy atom. The van der Waals surface area contributed by atoms with Crippen LogP contribution in [-0.2, 0) is 20.9 Å². The Morgan fingerprint density at radius 1 is 1.27 bits per heavy atom. The van der Waals surface area contributed by atoms with Crippen molar-refractivity contribution in [1.29, 1.82) is 0 Å². The maximum Gasteiger partial charge on any atom is 0.331 e. The molecular weight excluding hydrogens is 286 g/mol. The van der Waals surface area contributed by atoms with Gasteiger partial charge in [0.05, 0.1) is 19.3 Å². The topological polar surface area (TPSA) is 84.9 Å². The molecule has 0 aliphatic rings. The van der Waals surface area contributed by atoms with Crippen LogP contribution in [0.5, 0.6) is 0 Å². The maximum absolute atomic E-state index is 12.2. The molecule has 6 nitrogen and oxygen atoms in total. The van der Waals surface area contributed by atoms with E-state index in [2.05, 4.69) is 5.32 Å². The molecule has 1 aromatic carbocycles. The smallest absolute Gasteiger partial charge is 0.331 e. The summed E-state index contributed by atoms with van der Waals surface area (Å²) in [4.78, 5) is 23.4. The molecule has 0 spiro atoms. The van der Waals surface area contributed by atoms with Crippen LogP contribution in [0, 0.1) is 0 Å². The van der Waals surface area contributed by atoms with Crippen LogP contribution in [0.1, 0.15) is 36.7 Å². The van der Waals surface area contributed by atoms with Crippen LogP contribution in [0.2, 0.25) is 0 Å². The van der Waals surface area contributed by atoms with Gasteiger partial charge in [0.2, 0.25) is 0 Å². The molecule has 0 aliphatic heterocycles. The molecule has 1 atom stereocenters. The lowest BCUT2D eigenvalue weighted by Crippen LogP contribution is -2.55. The second-order valence-electron chi connectivity index (χ2n) is 5.58. The molecule has 0 saturated heterocycles. The van der Waals surface area contributed by atoms with Crippen molar-refractivity contribution >= 4 is 11.9 Å². The molecule has 1 rings (SSSR count). The number of methoxy groups -OCH3 is 1. The van der Waals surface area contributed by atoms with Gasteiger partial charge in [0.15, 0.2) is 5.54 Å². The number of aliphatic carboxylic acids is 1. The molecule has 0 bridgehead atoms. The van der Waals surface area contributed by atoms with Gasteiger partial charge in [-0.1, -0.05) is 12.1 Å². The average molecular weight is 309 g/mol. The van der Waals surface area contributed by atoms with E-state index in [0.717, 1.165) is 5.56 Å². The second-order valence-corrected chi connectivity index (χ2v) is 5.58. The third-order valence-electron chi connectivity index (χ3n) is 3.09. The number of carboxylic acid groups (broad SMARTS) is 1. The summed E-state index contributed by atoms with van der Waals surface area (Å²) in [5.74, 6) is -1.61. The highest BCUT2D eigenvalue weighted by atomic mass is 16.5. The second kappa shape index (κ2) is 7.91. The monoisotopic (exact) mass is 309 g/mol. The zero-order chi connectivity index (χ0) is 16.8. The highest BCUT2D eigenvalue weighted by molar-refractivity contribution is 5.97. The minimum absolute atomic E-state index is 0.117. The first-order chi connectivity index (χ1) is 10.3. The van der Waals surface area contributed by atoms with Crippen molar-refractivity contribution in [3.05, 3.63) is 35.4 Å². The fourth-order valence-corrected chi connectivity index (χ4v) is 1.78. The van der Waals surface area contributed by atoms with E-state index in [1.165, 1.54) is 14.0 Å². The SMILES string of the molecule is COCC(C)(NC(=O)c1ccc(COC(C)C)cc1)C(=O)O. The molecule has 6 heteroatoms. The van der Waals surface area contributed by atoms with E-state index >= 15 is 0 Å². The number of rotatable bonds is 8. The molecular formula is C16H23NO5. The van der Waals surface area contributed by atoms with E-state index in [9.17, 15) is 14.7 Å². The Morgan fingerprint density at radius 3 is 2.32 bits per heavy atom. The van der Waals surface area contributed by atoms with Crippen molar-refractivity contribution in [1.82, 2.24) is 5.32 Å². The third kappa shape index (κ3) is 5.13. The van der Waals surface area contributed by atoms with E-state index < -0.39 is 17.4 Å². The van der Waals surface area contributed by atoms with Crippen LogP contribution in [-0.4, -0.2) is 42.3 Å². The van der Waals surface area contributed by atoms with Gasteiger partial charge in [-0.05, 0) is 38.5 Å². The average Bonchev–Trinajstić information content (AvgIpc) is 2.45. The number of carbonyl (C=O) groups is 2. The Balaban J connectivity index is 2.75. The standard InChI is InChI=1S/C16H23NO5/c1-11(2)22-9-12-5-7-13(8-6-12)14(18)17-16(3,10-21-4)15(19)20/h5-8,11H,9-10H2,1-4H3,(H,17,18)(H,19,20). The summed E-state index contributed by atoms with van der Waals surface area (Å²) < 4.78 is 10.3. The first kappa shape index (κ1) is 18.1. The molecule has 0 radical (unpaired) electrons. The van der Waals surface area contributed by atoms with Crippen LogP contribution in [0.3, 0.4) is 0 Å². The molecule has 2 N–H and O–H groups in total. The van der Waals surface area contributed by atoms with Crippen molar-refractivity contribution in [3.63, 3.8) is 0 Å². The zero-order valence-corrected chi connectivity index (χ0v) is 13.4. The molecule has 0 fully saturated rings. The van der Waals surface area contributed by atoms with Crippen molar-refractivity contribution in [3.8, 4) is 0 Å². The van der Waals surface area contributed by atoms with Crippen LogP contribution in [0.4, 0.5) is 0 Å². The normalized spacial score (nSPS) is 13.7. The fraction of sp³-hybridized carbons (Fsp3) is 0.500. The Kier molecular flexibility index (Phi) is 6.52. The number of ether oxygens (including phenoxy) is 2. The van der Waals surface area contributed by atoms with Gasteiger partial charge in [-0.2, -0.15) is 0 Å². The predicted molar refractivity (Wildman–Crippen MR) is 81.8 cm³/mol. The summed E-state index contributed by atoms with van der Waals surface area (Å²) >= 11 is 0. The van der Waals surface area contributed by atoms with Gasteiger partial charge in [-0.25, -0.2) is 4.79 Å². The summed E-state index contributed by atoms with van der Waals surface area (Å²) in [5, 5.41) is 11.7. The Bertz CT molecular complexity index is 512. The summed E-state index contributed by atoms with van der Waals surface area (Å²) in [6.07, 6.45) is 0.133. The number of hydrogen-bond acceptors (Lipinski definition) is 4. The number of hydrogen-bond donors (Lipinski definition) is 2. The van der Waals surface area contributed by atoms with Gasteiger partial charge in [0.25, 0.3) is 5.91 Å². The summed E-state index contributed by atoms with van der Waals surface area (Å²) in [5.41, 5.74) is -0.134. The molecule has 0 aliphatic carbocycles. The van der Waals surface area contributed by atoms with Gasteiger partial charge in [0, 0.05) is 12.7 Å². The Hall–Kier alpha value is -1.92. The molecule has 22 heavy (non-hydrogen) atoms. The van der Waals surface area contributed by atoms with Crippen LogP contribution >= 0.6 is 0 Å². The minimum atomic E-state index is -1.47. The number of carboxylic acids is 1. The van der Waals surface area contributed by atoms with E-state index in [4.69, 9.17) is 9.47 Å². The summed E-state index contributed by atoms with van der Waals surface area (Å²) in [6.45, 7) is 5.65. The molecule has 1 unspecified atom stereocenters. The van der Waals surface area contributed by atoms with Crippen molar-refractivity contribution < 1.29 is 24.2 Å². The van der Waals surface area contributed by atoms with Crippen molar-refractivity contribution in [2.45, 2.75) is 39.0 Å². The predicted octanol–water partition coefficient (Wildman–Crippen LogP) is 1.83. The molecule has 0 heterocycles. The molecule has 1 amide bonds. The van der Waals surface area contributed by atoms with Crippen LogP contribution < -0.4 is 5.32 Å². The van der Waals surface area contributed by atoms with Gasteiger partial charge >= 0.3 is 5.97 Å². The molecule has 0 aromatic heterocycles. The number of nitrogens with one attached hydrogen (secondary N) is 1. The van der Waals surface area contributed by atoms with Gasteiger partial charge in [-0.15, -0.1) is 0 Å². The first-order valence-corrected chi connectivity index (χ1v) is 7.04. The number of amides is 1. The summed E-state index contributed by atoms with van der Waals surface area (Å²) in [7, 11) is 1.39. The molecule has 0 saturated carbocycles. The van der Waals surface area contributed by atoms with Crippen molar-refractivity contribution in [2.75, 3.05) is 13.7 Å². The van der Waals surface area contributed by atoms with Crippen LogP contribution in [0.15, 0.2) is 24.3 Å². The Labute approximate surface area is 130 Å². The number of benzene rings is 1. The van der Waals surface area contributed by atoms with Gasteiger partial charge in [-0.3, -0.25) is 4.79 Å². The van der Waals surface area contributed by atoms with E-state index in [0.29, 0.717) is 12.2 Å². The van der Waals surface area contributed by atoms with E-state index in [-0.39, 0.29) is 12.7 Å². The summed E-state index contributed by atoms with van der Waals surface area (Å²) in [6, 6.07) is 6.85. The third-order valence-corrected chi connectivity index (χ3v) is 3.09. The highest BCUT2D eigenvalue weighted by Crippen LogP contribution is 2.10. The van der Waals surface area contributed by atoms with E-state index in [1.54, 1.807) is 24.3 Å². The molecule has 1 aromatic rings. The lowest BCUT2D eigenvalue weighted by Gasteiger charge is -2.25. The van der Waals surface area contributed by atoms with Gasteiger partial charge in [0.1, 0.15) is 0 Å². The maximum atomic E-state index is 12.2. The van der Waals surface area contributed by atoms with Gasteiger partial charge < -0.3 is 19.9 Å². The lowest BCUT2D eigenvalue weighted by atomic mass is 10.0. The van der Waals surface area contributed by atoms with Crippen molar-refractivity contribution in [2.24, 2.45) is 0 Å². The minimum Gasteiger partial charge on any atom is -0.479 e. The fourth-order valence-electron chi connectivity index (χ4n) is 1.78. The lowest BCUT2D eigenvalue weighted by molar-refractivity contribution is -0.145. The quantitative estimate of drug-likeness (QED) is 0.765. The van der Waals surface area contributed by atoms with E-state index in [1.807, 2.05) is 13.8 Å². The van der Waals surface area contributed by atoms with Crippen LogP contribution in [0.25, 0.3) is 0 Å².